The van der Waals surface area contributed by atoms with Crippen molar-refractivity contribution in [3.8, 4) is 0 Å². The van der Waals surface area contributed by atoms with Gasteiger partial charge in [0.25, 0.3) is 0 Å². The molecular weight excluding hydrogens is 172 g/mol. The predicted molar refractivity (Wildman–Crippen MR) is 64.5 cm³/mol. The van der Waals surface area contributed by atoms with Crippen molar-refractivity contribution in [3.63, 3.8) is 0 Å². The lowest BCUT2D eigenvalue weighted by Crippen LogP contribution is -2.28. The lowest BCUT2D eigenvalue weighted by atomic mass is 10.0. The zero-order valence-corrected chi connectivity index (χ0v) is 10.4. The molecule has 0 saturated heterocycles. The van der Waals surface area contributed by atoms with Gasteiger partial charge in [-0.1, -0.05) is 27.2 Å². The monoisotopic (exact) mass is 200 g/mol. The molecule has 14 heavy (non-hydrogen) atoms. The molecule has 2 heteroatoms. The van der Waals surface area contributed by atoms with E-state index in [0.29, 0.717) is 6.04 Å². The maximum atomic E-state index is 5.72. The molecule has 0 heterocycles. The highest BCUT2D eigenvalue weighted by Gasteiger charge is 2.07. The highest BCUT2D eigenvalue weighted by atomic mass is 15.1. The predicted octanol–water partition coefficient (Wildman–Crippen LogP) is 2.48. The summed E-state index contributed by atoms with van der Waals surface area (Å²) >= 11 is 0. The van der Waals surface area contributed by atoms with Gasteiger partial charge in [0.15, 0.2) is 0 Å². The number of nitrogens with two attached hydrogens (primary N) is 1. The average Bonchev–Trinajstić information content (AvgIpc) is 2.13. The van der Waals surface area contributed by atoms with Crippen molar-refractivity contribution in [2.45, 2.75) is 53.0 Å². The van der Waals surface area contributed by atoms with Gasteiger partial charge in [0.2, 0.25) is 0 Å². The zero-order chi connectivity index (χ0) is 11.0. The Morgan fingerprint density at radius 2 is 1.64 bits per heavy atom. The lowest BCUT2D eigenvalue weighted by molar-refractivity contribution is 0.251. The van der Waals surface area contributed by atoms with E-state index < -0.39 is 0 Å². The molecular formula is C12H28N2. The van der Waals surface area contributed by atoms with E-state index in [0.717, 1.165) is 5.92 Å². The Bertz CT molecular complexity index is 119. The molecule has 2 nitrogen and oxygen atoms in total. The van der Waals surface area contributed by atoms with E-state index in [2.05, 4.69) is 32.6 Å². The number of hydrogen-bond donors (Lipinski definition) is 1. The van der Waals surface area contributed by atoms with Gasteiger partial charge in [-0.3, -0.25) is 0 Å². The van der Waals surface area contributed by atoms with Gasteiger partial charge < -0.3 is 10.6 Å². The van der Waals surface area contributed by atoms with Gasteiger partial charge in [0.05, 0.1) is 0 Å². The summed E-state index contributed by atoms with van der Waals surface area (Å²) in [7, 11) is 0. The van der Waals surface area contributed by atoms with Crippen LogP contribution in [0.2, 0.25) is 0 Å². The lowest BCUT2D eigenvalue weighted by Gasteiger charge is -2.22. The molecule has 0 saturated carbocycles. The van der Waals surface area contributed by atoms with Crippen LogP contribution >= 0.6 is 0 Å². The van der Waals surface area contributed by atoms with Crippen LogP contribution in [-0.4, -0.2) is 30.6 Å². The smallest absolute Gasteiger partial charge is 0.00104 e. The minimum Gasteiger partial charge on any atom is -0.328 e. The Balaban J connectivity index is 3.48. The fraction of sp³-hybridized carbons (Fsp3) is 1.00. The van der Waals surface area contributed by atoms with Gasteiger partial charge in [-0.15, -0.1) is 0 Å². The molecule has 0 spiro atoms. The first-order valence-electron chi connectivity index (χ1n) is 6.08. The third-order valence-electron chi connectivity index (χ3n) is 2.82. The zero-order valence-electron chi connectivity index (χ0n) is 10.4. The normalized spacial score (nSPS) is 15.9. The molecule has 0 aliphatic rings. The van der Waals surface area contributed by atoms with Crippen LogP contribution in [0.5, 0.6) is 0 Å². The molecule has 0 aliphatic heterocycles. The van der Waals surface area contributed by atoms with Crippen LogP contribution in [0.1, 0.15) is 47.0 Å². The molecule has 2 atom stereocenters. The summed E-state index contributed by atoms with van der Waals surface area (Å²) in [6, 6.07) is 0.371. The van der Waals surface area contributed by atoms with Crippen molar-refractivity contribution >= 4 is 0 Å². The molecule has 0 aromatic heterocycles. The first-order valence-corrected chi connectivity index (χ1v) is 6.08. The maximum absolute atomic E-state index is 5.72. The highest BCUT2D eigenvalue weighted by molar-refractivity contribution is 4.62. The van der Waals surface area contributed by atoms with Gasteiger partial charge in [-0.25, -0.2) is 0 Å². The summed E-state index contributed by atoms with van der Waals surface area (Å²) in [5, 5.41) is 0. The van der Waals surface area contributed by atoms with Gasteiger partial charge in [-0.2, -0.15) is 0 Å². The number of hydrogen-bond acceptors (Lipinski definition) is 2. The van der Waals surface area contributed by atoms with Crippen molar-refractivity contribution in [2.75, 3.05) is 19.6 Å². The van der Waals surface area contributed by atoms with E-state index in [1.807, 2.05) is 0 Å². The highest BCUT2D eigenvalue weighted by Crippen LogP contribution is 2.10. The summed E-state index contributed by atoms with van der Waals surface area (Å²) in [6.07, 6.45) is 3.76. The van der Waals surface area contributed by atoms with Gasteiger partial charge in [0.1, 0.15) is 0 Å². The van der Waals surface area contributed by atoms with Crippen molar-refractivity contribution in [1.29, 1.82) is 0 Å². The minimum absolute atomic E-state index is 0.371. The number of nitrogens with zero attached hydrogens (tertiary/aromatic N) is 1. The van der Waals surface area contributed by atoms with E-state index >= 15 is 0 Å². The van der Waals surface area contributed by atoms with Crippen LogP contribution < -0.4 is 5.73 Å². The van der Waals surface area contributed by atoms with Crippen molar-refractivity contribution in [2.24, 2.45) is 11.7 Å². The van der Waals surface area contributed by atoms with Crippen molar-refractivity contribution in [3.05, 3.63) is 0 Å². The fourth-order valence-corrected chi connectivity index (χ4v) is 1.80. The van der Waals surface area contributed by atoms with Crippen LogP contribution in [0.4, 0.5) is 0 Å². The van der Waals surface area contributed by atoms with Crippen molar-refractivity contribution in [1.82, 2.24) is 4.90 Å². The molecule has 86 valence electrons. The third-order valence-corrected chi connectivity index (χ3v) is 2.82. The van der Waals surface area contributed by atoms with E-state index in [9.17, 15) is 0 Å². The first-order chi connectivity index (χ1) is 6.60. The van der Waals surface area contributed by atoms with E-state index in [-0.39, 0.29) is 0 Å². The second-order valence-corrected chi connectivity index (χ2v) is 4.50. The Morgan fingerprint density at radius 3 is 2.07 bits per heavy atom. The van der Waals surface area contributed by atoms with Gasteiger partial charge >= 0.3 is 0 Å². The van der Waals surface area contributed by atoms with Gasteiger partial charge in [0, 0.05) is 12.6 Å². The number of rotatable bonds is 8. The molecule has 2 unspecified atom stereocenters. The van der Waals surface area contributed by atoms with Crippen LogP contribution in [-0.2, 0) is 0 Å². The van der Waals surface area contributed by atoms with Crippen LogP contribution in [0.15, 0.2) is 0 Å². The van der Waals surface area contributed by atoms with Crippen LogP contribution in [0.3, 0.4) is 0 Å². The first kappa shape index (κ1) is 13.9. The van der Waals surface area contributed by atoms with Gasteiger partial charge in [-0.05, 0) is 38.8 Å². The minimum atomic E-state index is 0.371. The molecule has 0 radical (unpaired) electrons. The third kappa shape index (κ3) is 7.34. The van der Waals surface area contributed by atoms with E-state index in [1.54, 1.807) is 0 Å². The molecule has 0 aromatic carbocycles. The Labute approximate surface area is 89.9 Å². The summed E-state index contributed by atoms with van der Waals surface area (Å²) < 4.78 is 0. The molecule has 0 rings (SSSR count). The van der Waals surface area contributed by atoms with Crippen molar-refractivity contribution < 1.29 is 0 Å². The summed E-state index contributed by atoms with van der Waals surface area (Å²) in [5.41, 5.74) is 5.72. The molecule has 0 amide bonds. The molecule has 0 aliphatic carbocycles. The largest absolute Gasteiger partial charge is 0.328 e. The Hall–Kier alpha value is -0.0800. The standard InChI is InChI=1S/C12H28N2/c1-5-14(6-2)10-11(3)8-7-9-12(4)13/h11-12H,5-10,13H2,1-4H3. The molecule has 0 bridgehead atoms. The quantitative estimate of drug-likeness (QED) is 0.652. The van der Waals surface area contributed by atoms with E-state index in [4.69, 9.17) is 5.73 Å². The average molecular weight is 200 g/mol. The fourth-order valence-electron chi connectivity index (χ4n) is 1.80. The summed E-state index contributed by atoms with van der Waals surface area (Å²) in [6.45, 7) is 12.5. The molecule has 0 aromatic rings. The second-order valence-electron chi connectivity index (χ2n) is 4.50. The molecule has 0 fully saturated rings. The maximum Gasteiger partial charge on any atom is 0.00104 e. The SMILES string of the molecule is CCN(CC)CC(C)CCCC(C)N. The topological polar surface area (TPSA) is 29.3 Å². The second kappa shape index (κ2) is 8.25. The van der Waals surface area contributed by atoms with Crippen LogP contribution in [0.25, 0.3) is 0 Å². The van der Waals surface area contributed by atoms with Crippen LogP contribution in [0, 0.1) is 5.92 Å². The summed E-state index contributed by atoms with van der Waals surface area (Å²) in [5.74, 6) is 0.814. The Kier molecular flexibility index (Phi) is 8.20. The summed E-state index contributed by atoms with van der Waals surface area (Å²) in [4.78, 5) is 2.50. The molecule has 2 N–H and O–H groups in total. The Morgan fingerprint density at radius 1 is 1.07 bits per heavy atom. The van der Waals surface area contributed by atoms with E-state index in [1.165, 1.54) is 38.9 Å².